The standard InChI is InChI=1S/C30H37N3O5S/c1-6-18-31-30(35)24(4)32(20-25-13-16-27(38-5)17-14-25)29(34)21-33(26-15-12-22(2)23(3)19-26)39(36,37)28-10-8-7-9-11-28/h7-17,19,24H,6,18,20-21H2,1-5H3,(H,31,35)/t24-/m0/s1. The first-order valence-electron chi connectivity index (χ1n) is 12.9. The van der Waals surface area contributed by atoms with Crippen LogP contribution in [0.25, 0.3) is 0 Å². The van der Waals surface area contributed by atoms with Crippen molar-refractivity contribution >= 4 is 27.5 Å². The summed E-state index contributed by atoms with van der Waals surface area (Å²) in [5, 5.41) is 2.84. The number of anilines is 1. The molecular weight excluding hydrogens is 514 g/mol. The van der Waals surface area contributed by atoms with Crippen molar-refractivity contribution in [3.63, 3.8) is 0 Å². The molecule has 9 heteroatoms. The molecule has 0 fully saturated rings. The predicted octanol–water partition coefficient (Wildman–Crippen LogP) is 4.45. The van der Waals surface area contributed by atoms with Gasteiger partial charge in [0.15, 0.2) is 0 Å². The van der Waals surface area contributed by atoms with Crippen LogP contribution in [-0.2, 0) is 26.2 Å². The van der Waals surface area contributed by atoms with E-state index in [1.807, 2.05) is 39.0 Å². The molecule has 0 saturated carbocycles. The molecule has 8 nitrogen and oxygen atoms in total. The number of carbonyl (C=O) groups excluding carboxylic acids is 2. The Balaban J connectivity index is 2.02. The lowest BCUT2D eigenvalue weighted by Crippen LogP contribution is -2.51. The zero-order chi connectivity index (χ0) is 28.6. The highest BCUT2D eigenvalue weighted by Crippen LogP contribution is 2.26. The topological polar surface area (TPSA) is 96.0 Å². The maximum atomic E-state index is 13.9. The predicted molar refractivity (Wildman–Crippen MR) is 153 cm³/mol. The summed E-state index contributed by atoms with van der Waals surface area (Å²) in [6, 6.07) is 19.7. The molecule has 3 rings (SSSR count). The van der Waals surface area contributed by atoms with Crippen LogP contribution in [0.1, 0.15) is 37.0 Å². The fraction of sp³-hybridized carbons (Fsp3) is 0.333. The van der Waals surface area contributed by atoms with Crippen molar-refractivity contribution in [1.29, 1.82) is 0 Å². The summed E-state index contributed by atoms with van der Waals surface area (Å²) < 4.78 is 34.0. The zero-order valence-electron chi connectivity index (χ0n) is 23.2. The maximum absolute atomic E-state index is 13.9. The van der Waals surface area contributed by atoms with Crippen molar-refractivity contribution in [2.24, 2.45) is 0 Å². The quantitative estimate of drug-likeness (QED) is 0.359. The minimum atomic E-state index is -4.09. The third kappa shape index (κ3) is 7.38. The average Bonchev–Trinajstić information content (AvgIpc) is 2.95. The van der Waals surface area contributed by atoms with Crippen LogP contribution in [-0.4, -0.2) is 51.4 Å². The zero-order valence-corrected chi connectivity index (χ0v) is 24.0. The lowest BCUT2D eigenvalue weighted by atomic mass is 10.1. The number of rotatable bonds is 12. The van der Waals surface area contributed by atoms with Crippen LogP contribution in [0.4, 0.5) is 5.69 Å². The van der Waals surface area contributed by atoms with Crippen LogP contribution >= 0.6 is 0 Å². The molecule has 1 atom stereocenters. The molecule has 1 N–H and O–H groups in total. The molecule has 39 heavy (non-hydrogen) atoms. The number of amides is 2. The number of nitrogens with zero attached hydrogens (tertiary/aromatic N) is 2. The summed E-state index contributed by atoms with van der Waals surface area (Å²) in [4.78, 5) is 28.4. The summed E-state index contributed by atoms with van der Waals surface area (Å²) in [7, 11) is -2.52. The molecule has 0 aliphatic carbocycles. The molecular formula is C30H37N3O5S. The SMILES string of the molecule is CCCNC(=O)[C@H](C)N(Cc1ccc(OC)cc1)C(=O)CN(c1ccc(C)c(C)c1)S(=O)(=O)c1ccccc1. The fourth-order valence-electron chi connectivity index (χ4n) is 4.04. The Morgan fingerprint density at radius 1 is 0.949 bits per heavy atom. The summed E-state index contributed by atoms with van der Waals surface area (Å²) >= 11 is 0. The van der Waals surface area contributed by atoms with Gasteiger partial charge < -0.3 is 15.0 Å². The number of hydrogen-bond acceptors (Lipinski definition) is 5. The highest BCUT2D eigenvalue weighted by molar-refractivity contribution is 7.92. The van der Waals surface area contributed by atoms with E-state index in [-0.39, 0.29) is 17.3 Å². The molecule has 3 aromatic rings. The Labute approximate surface area is 231 Å². The molecule has 0 aliphatic rings. The number of carbonyl (C=O) groups is 2. The van der Waals surface area contributed by atoms with Gasteiger partial charge in [-0.2, -0.15) is 0 Å². The molecule has 0 heterocycles. The van der Waals surface area contributed by atoms with Crippen molar-refractivity contribution in [2.45, 2.75) is 51.6 Å². The van der Waals surface area contributed by atoms with Gasteiger partial charge in [-0.05, 0) is 80.3 Å². The van der Waals surface area contributed by atoms with Crippen LogP contribution in [0, 0.1) is 13.8 Å². The molecule has 3 aromatic carbocycles. The average molecular weight is 552 g/mol. The summed E-state index contributed by atoms with van der Waals surface area (Å²) in [6.07, 6.45) is 0.751. The van der Waals surface area contributed by atoms with Gasteiger partial charge in [-0.15, -0.1) is 0 Å². The normalized spacial score (nSPS) is 11.9. The Kier molecular flexibility index (Phi) is 10.1. The Bertz CT molecular complexity index is 1380. The van der Waals surface area contributed by atoms with Crippen LogP contribution in [0.5, 0.6) is 5.75 Å². The molecule has 0 aliphatic heterocycles. The van der Waals surface area contributed by atoms with Crippen LogP contribution in [0.15, 0.2) is 77.7 Å². The first kappa shape index (κ1) is 29.7. The van der Waals surface area contributed by atoms with Gasteiger partial charge >= 0.3 is 0 Å². The molecule has 208 valence electrons. The molecule has 0 radical (unpaired) electrons. The van der Waals surface area contributed by atoms with Crippen molar-refractivity contribution < 1.29 is 22.7 Å². The van der Waals surface area contributed by atoms with E-state index in [0.29, 0.717) is 18.0 Å². The van der Waals surface area contributed by atoms with Crippen molar-refractivity contribution in [3.05, 3.63) is 89.5 Å². The summed E-state index contributed by atoms with van der Waals surface area (Å²) in [6.45, 7) is 7.55. The first-order chi connectivity index (χ1) is 18.6. The van der Waals surface area contributed by atoms with Gasteiger partial charge in [0.05, 0.1) is 17.7 Å². The van der Waals surface area contributed by atoms with Gasteiger partial charge in [-0.3, -0.25) is 13.9 Å². The molecule has 0 saturated heterocycles. The summed E-state index contributed by atoms with van der Waals surface area (Å²) in [5.74, 6) is -0.134. The van der Waals surface area contributed by atoms with Gasteiger partial charge in [0, 0.05) is 13.1 Å². The molecule has 0 unspecified atom stereocenters. The highest BCUT2D eigenvalue weighted by Gasteiger charge is 2.32. The number of ether oxygens (including phenoxy) is 1. The number of methoxy groups -OCH3 is 1. The van der Waals surface area contributed by atoms with Crippen molar-refractivity contribution in [2.75, 3.05) is 24.5 Å². The second-order valence-electron chi connectivity index (χ2n) is 9.43. The van der Waals surface area contributed by atoms with Crippen molar-refractivity contribution in [1.82, 2.24) is 10.2 Å². The number of nitrogens with one attached hydrogen (secondary N) is 1. The molecule has 0 aromatic heterocycles. The van der Waals surface area contributed by atoms with Gasteiger partial charge in [0.2, 0.25) is 11.8 Å². The van der Waals surface area contributed by atoms with E-state index < -0.39 is 28.5 Å². The second kappa shape index (κ2) is 13.3. The Hall–Kier alpha value is -3.85. The monoisotopic (exact) mass is 551 g/mol. The second-order valence-corrected chi connectivity index (χ2v) is 11.3. The third-order valence-electron chi connectivity index (χ3n) is 6.62. The highest BCUT2D eigenvalue weighted by atomic mass is 32.2. The van der Waals surface area contributed by atoms with E-state index >= 15 is 0 Å². The molecule has 0 bridgehead atoms. The van der Waals surface area contributed by atoms with Gasteiger partial charge in [-0.1, -0.05) is 43.3 Å². The lowest BCUT2D eigenvalue weighted by molar-refractivity contribution is -0.139. The molecule has 0 spiro atoms. The number of benzene rings is 3. The third-order valence-corrected chi connectivity index (χ3v) is 8.41. The lowest BCUT2D eigenvalue weighted by Gasteiger charge is -2.32. The van der Waals surface area contributed by atoms with Crippen LogP contribution in [0.3, 0.4) is 0 Å². The smallest absolute Gasteiger partial charge is 0.264 e. The van der Waals surface area contributed by atoms with Crippen LogP contribution in [0.2, 0.25) is 0 Å². The van der Waals surface area contributed by atoms with E-state index in [1.165, 1.54) is 17.0 Å². The van der Waals surface area contributed by atoms with Gasteiger partial charge in [0.25, 0.3) is 10.0 Å². The minimum absolute atomic E-state index is 0.0754. The number of sulfonamides is 1. The van der Waals surface area contributed by atoms with E-state index in [1.54, 1.807) is 56.5 Å². The summed E-state index contributed by atoms with van der Waals surface area (Å²) in [5.41, 5.74) is 3.06. The number of hydrogen-bond donors (Lipinski definition) is 1. The molecule has 2 amide bonds. The Morgan fingerprint density at radius 2 is 1.62 bits per heavy atom. The maximum Gasteiger partial charge on any atom is 0.264 e. The van der Waals surface area contributed by atoms with Crippen LogP contribution < -0.4 is 14.4 Å². The minimum Gasteiger partial charge on any atom is -0.497 e. The Morgan fingerprint density at radius 3 is 2.21 bits per heavy atom. The van der Waals surface area contributed by atoms with E-state index in [0.717, 1.165) is 27.4 Å². The van der Waals surface area contributed by atoms with E-state index in [2.05, 4.69) is 5.32 Å². The first-order valence-corrected chi connectivity index (χ1v) is 14.4. The van der Waals surface area contributed by atoms with Gasteiger partial charge in [-0.25, -0.2) is 8.42 Å². The van der Waals surface area contributed by atoms with E-state index in [9.17, 15) is 18.0 Å². The fourth-order valence-corrected chi connectivity index (χ4v) is 5.46. The van der Waals surface area contributed by atoms with Crippen molar-refractivity contribution in [3.8, 4) is 5.75 Å². The largest absolute Gasteiger partial charge is 0.497 e. The van der Waals surface area contributed by atoms with Gasteiger partial charge in [0.1, 0.15) is 18.3 Å². The van der Waals surface area contributed by atoms with E-state index in [4.69, 9.17) is 4.74 Å². The number of aryl methyl sites for hydroxylation is 2.